The van der Waals surface area contributed by atoms with Crippen LogP contribution in [0.3, 0.4) is 0 Å². The first-order chi connectivity index (χ1) is 9.22. The lowest BCUT2D eigenvalue weighted by Gasteiger charge is -2.30. The maximum atomic E-state index is 12.3. The van der Waals surface area contributed by atoms with Crippen molar-refractivity contribution in [1.29, 1.82) is 0 Å². The second-order valence-electron chi connectivity index (χ2n) is 5.46. The Hall–Kier alpha value is -1.84. The van der Waals surface area contributed by atoms with E-state index in [0.717, 1.165) is 30.9 Å². The molecular weight excluding hydrogens is 238 g/mol. The van der Waals surface area contributed by atoms with Gasteiger partial charge in [0, 0.05) is 25.5 Å². The molecule has 0 saturated carbocycles. The lowest BCUT2D eigenvalue weighted by molar-refractivity contribution is -0.132. The molecule has 4 nitrogen and oxygen atoms in total. The van der Waals surface area contributed by atoms with E-state index in [1.54, 1.807) is 0 Å². The molecule has 3 rings (SSSR count). The van der Waals surface area contributed by atoms with E-state index in [-0.39, 0.29) is 5.91 Å². The molecule has 1 unspecified atom stereocenters. The minimum Gasteiger partial charge on any atom is -0.342 e. The molecule has 0 aliphatic carbocycles. The molecule has 0 aromatic carbocycles. The van der Waals surface area contributed by atoms with Gasteiger partial charge in [-0.15, -0.1) is 0 Å². The van der Waals surface area contributed by atoms with Crippen molar-refractivity contribution < 1.29 is 4.79 Å². The van der Waals surface area contributed by atoms with E-state index >= 15 is 0 Å². The standard InChI is InChI=1S/C15H19N3O/c1-12-5-4-8-18(10-12)15(19)9-13-11-17-7-3-2-6-14(17)16-13/h2-3,6-7,11-12H,4-5,8-10H2,1H3. The second kappa shape index (κ2) is 5.03. The summed E-state index contributed by atoms with van der Waals surface area (Å²) in [6.07, 6.45) is 6.67. The van der Waals surface area contributed by atoms with Crippen LogP contribution in [0.4, 0.5) is 0 Å². The summed E-state index contributed by atoms with van der Waals surface area (Å²) in [7, 11) is 0. The van der Waals surface area contributed by atoms with E-state index in [9.17, 15) is 4.79 Å². The topological polar surface area (TPSA) is 37.6 Å². The van der Waals surface area contributed by atoms with Crippen LogP contribution in [0.5, 0.6) is 0 Å². The van der Waals surface area contributed by atoms with E-state index in [1.165, 1.54) is 6.42 Å². The van der Waals surface area contributed by atoms with Crippen LogP contribution in [-0.2, 0) is 11.2 Å². The van der Waals surface area contributed by atoms with Crippen molar-refractivity contribution in [1.82, 2.24) is 14.3 Å². The lowest BCUT2D eigenvalue weighted by atomic mass is 10.00. The van der Waals surface area contributed by atoms with Crippen molar-refractivity contribution in [2.45, 2.75) is 26.2 Å². The second-order valence-corrected chi connectivity index (χ2v) is 5.46. The molecular formula is C15H19N3O. The zero-order chi connectivity index (χ0) is 13.2. The Morgan fingerprint density at radius 1 is 1.47 bits per heavy atom. The average Bonchev–Trinajstić information content (AvgIpc) is 2.80. The fraction of sp³-hybridized carbons (Fsp3) is 0.467. The van der Waals surface area contributed by atoms with Crippen molar-refractivity contribution in [2.24, 2.45) is 5.92 Å². The minimum absolute atomic E-state index is 0.204. The fourth-order valence-corrected chi connectivity index (χ4v) is 2.76. The highest BCUT2D eigenvalue weighted by Crippen LogP contribution is 2.16. The highest BCUT2D eigenvalue weighted by atomic mass is 16.2. The predicted octanol–water partition coefficient (Wildman–Crippen LogP) is 2.14. The molecule has 0 spiro atoms. The summed E-state index contributed by atoms with van der Waals surface area (Å²) in [6, 6.07) is 5.88. The first-order valence-electron chi connectivity index (χ1n) is 6.93. The Morgan fingerprint density at radius 2 is 2.37 bits per heavy atom. The molecule has 19 heavy (non-hydrogen) atoms. The number of amides is 1. The molecule has 2 aromatic rings. The molecule has 1 aliphatic heterocycles. The molecule has 1 fully saturated rings. The molecule has 1 atom stereocenters. The number of piperidine rings is 1. The number of carbonyl (C=O) groups is 1. The molecule has 1 amide bonds. The number of hydrogen-bond donors (Lipinski definition) is 0. The number of carbonyl (C=O) groups excluding carboxylic acids is 1. The zero-order valence-electron chi connectivity index (χ0n) is 11.2. The molecule has 3 heterocycles. The van der Waals surface area contributed by atoms with Gasteiger partial charge in [0.1, 0.15) is 5.65 Å². The van der Waals surface area contributed by atoms with E-state index in [2.05, 4.69) is 11.9 Å². The van der Waals surface area contributed by atoms with Crippen molar-refractivity contribution in [3.63, 3.8) is 0 Å². The van der Waals surface area contributed by atoms with Crippen LogP contribution in [0, 0.1) is 5.92 Å². The first kappa shape index (κ1) is 12.2. The van der Waals surface area contributed by atoms with Crippen LogP contribution in [0.2, 0.25) is 0 Å². The number of nitrogens with zero attached hydrogens (tertiary/aromatic N) is 3. The number of rotatable bonds is 2. The van der Waals surface area contributed by atoms with Gasteiger partial charge in [0.2, 0.25) is 5.91 Å². The molecule has 0 radical (unpaired) electrons. The van der Waals surface area contributed by atoms with E-state index < -0.39 is 0 Å². The summed E-state index contributed by atoms with van der Waals surface area (Å²) >= 11 is 0. The Bertz CT molecular complexity index is 557. The van der Waals surface area contributed by atoms with Gasteiger partial charge in [-0.05, 0) is 30.9 Å². The lowest BCUT2D eigenvalue weighted by Crippen LogP contribution is -2.39. The maximum absolute atomic E-state index is 12.3. The third kappa shape index (κ3) is 2.62. The third-order valence-corrected chi connectivity index (χ3v) is 3.76. The Morgan fingerprint density at radius 3 is 3.16 bits per heavy atom. The Kier molecular flexibility index (Phi) is 3.23. The quantitative estimate of drug-likeness (QED) is 0.826. The van der Waals surface area contributed by atoms with Gasteiger partial charge in [-0.1, -0.05) is 13.0 Å². The number of fused-ring (bicyclic) bond motifs is 1. The summed E-state index contributed by atoms with van der Waals surface area (Å²) in [4.78, 5) is 18.7. The molecule has 4 heteroatoms. The summed E-state index contributed by atoms with van der Waals surface area (Å²) in [5, 5.41) is 0. The molecule has 2 aromatic heterocycles. The van der Waals surface area contributed by atoms with Crippen molar-refractivity contribution >= 4 is 11.6 Å². The van der Waals surface area contributed by atoms with Crippen LogP contribution in [0.1, 0.15) is 25.5 Å². The van der Waals surface area contributed by atoms with Gasteiger partial charge in [-0.25, -0.2) is 4.98 Å². The van der Waals surface area contributed by atoms with Crippen molar-refractivity contribution in [3.8, 4) is 0 Å². The van der Waals surface area contributed by atoms with Crippen LogP contribution in [0.25, 0.3) is 5.65 Å². The average molecular weight is 257 g/mol. The number of pyridine rings is 1. The van der Waals surface area contributed by atoms with E-state index in [1.807, 2.05) is 39.9 Å². The first-order valence-corrected chi connectivity index (χ1v) is 6.93. The van der Waals surface area contributed by atoms with E-state index in [4.69, 9.17) is 0 Å². The summed E-state index contributed by atoms with van der Waals surface area (Å²) < 4.78 is 1.96. The van der Waals surface area contributed by atoms with Crippen LogP contribution in [-0.4, -0.2) is 33.3 Å². The molecule has 0 bridgehead atoms. The van der Waals surface area contributed by atoms with Gasteiger partial charge in [0.15, 0.2) is 0 Å². The zero-order valence-corrected chi connectivity index (χ0v) is 11.2. The predicted molar refractivity (Wildman–Crippen MR) is 73.9 cm³/mol. The summed E-state index contributed by atoms with van der Waals surface area (Å²) in [6.45, 7) is 4.01. The number of hydrogen-bond acceptors (Lipinski definition) is 2. The van der Waals surface area contributed by atoms with Crippen molar-refractivity contribution in [3.05, 3.63) is 36.3 Å². The van der Waals surface area contributed by atoms with Crippen LogP contribution in [0.15, 0.2) is 30.6 Å². The summed E-state index contributed by atoms with van der Waals surface area (Å²) in [5.41, 5.74) is 1.76. The highest BCUT2D eigenvalue weighted by molar-refractivity contribution is 5.78. The van der Waals surface area contributed by atoms with Gasteiger partial charge in [0.25, 0.3) is 0 Å². The summed E-state index contributed by atoms with van der Waals surface area (Å²) in [5.74, 6) is 0.828. The SMILES string of the molecule is CC1CCCN(C(=O)Cc2cn3ccccc3n2)C1. The Balaban J connectivity index is 1.71. The van der Waals surface area contributed by atoms with Gasteiger partial charge < -0.3 is 9.30 Å². The number of aromatic nitrogens is 2. The third-order valence-electron chi connectivity index (χ3n) is 3.76. The monoisotopic (exact) mass is 257 g/mol. The largest absolute Gasteiger partial charge is 0.342 e. The van der Waals surface area contributed by atoms with Gasteiger partial charge in [-0.2, -0.15) is 0 Å². The minimum atomic E-state index is 0.204. The number of imidazole rings is 1. The molecule has 0 N–H and O–H groups in total. The van der Waals surface area contributed by atoms with Gasteiger partial charge in [0.05, 0.1) is 12.1 Å². The Labute approximate surface area is 113 Å². The van der Waals surface area contributed by atoms with E-state index in [0.29, 0.717) is 12.3 Å². The molecule has 1 aliphatic rings. The number of likely N-dealkylation sites (tertiary alicyclic amines) is 1. The maximum Gasteiger partial charge on any atom is 0.228 e. The van der Waals surface area contributed by atoms with Gasteiger partial charge >= 0.3 is 0 Å². The molecule has 1 saturated heterocycles. The molecule has 100 valence electrons. The normalized spacial score (nSPS) is 19.8. The smallest absolute Gasteiger partial charge is 0.228 e. The fourth-order valence-electron chi connectivity index (χ4n) is 2.76. The van der Waals surface area contributed by atoms with Gasteiger partial charge in [-0.3, -0.25) is 4.79 Å². The van der Waals surface area contributed by atoms with Crippen LogP contribution >= 0.6 is 0 Å². The van der Waals surface area contributed by atoms with Crippen LogP contribution < -0.4 is 0 Å². The van der Waals surface area contributed by atoms with Crippen molar-refractivity contribution in [2.75, 3.05) is 13.1 Å². The highest BCUT2D eigenvalue weighted by Gasteiger charge is 2.21.